The lowest BCUT2D eigenvalue weighted by molar-refractivity contribution is 0.290. The Labute approximate surface area is 131 Å². The lowest BCUT2D eigenvalue weighted by atomic mass is 10.3. The Morgan fingerprint density at radius 1 is 1.43 bits per heavy atom. The van der Waals surface area contributed by atoms with E-state index >= 15 is 0 Å². The van der Waals surface area contributed by atoms with E-state index < -0.39 is 10.0 Å². The van der Waals surface area contributed by atoms with Crippen molar-refractivity contribution < 1.29 is 8.42 Å². The first kappa shape index (κ1) is 16.5. The summed E-state index contributed by atoms with van der Waals surface area (Å²) in [5.74, 6) is 0.472. The van der Waals surface area contributed by atoms with E-state index in [2.05, 4.69) is 15.2 Å². The first-order valence-corrected chi connectivity index (χ1v) is 8.71. The van der Waals surface area contributed by atoms with Gasteiger partial charge in [-0.05, 0) is 33.0 Å². The topological polar surface area (TPSA) is 65.5 Å². The van der Waals surface area contributed by atoms with Crippen molar-refractivity contribution in [3.63, 3.8) is 0 Å². The smallest absolute Gasteiger partial charge is 0.244 e. The Kier molecular flexibility index (Phi) is 5.08. The molecular weight excluding hydrogens is 312 g/mol. The van der Waals surface area contributed by atoms with Gasteiger partial charge in [0, 0.05) is 32.4 Å². The maximum atomic E-state index is 12.8. The molecule has 0 amide bonds. The number of anilines is 1. The number of hydrogen-bond donors (Lipinski definition) is 1. The molecule has 1 aromatic heterocycles. The molecule has 0 bridgehead atoms. The zero-order chi connectivity index (χ0) is 15.6. The highest BCUT2D eigenvalue weighted by molar-refractivity contribution is 7.89. The van der Waals surface area contributed by atoms with Crippen LogP contribution in [0.2, 0.25) is 5.02 Å². The highest BCUT2D eigenvalue weighted by Crippen LogP contribution is 2.26. The highest BCUT2D eigenvalue weighted by Gasteiger charge is 2.31. The van der Waals surface area contributed by atoms with Crippen LogP contribution in [0, 0.1) is 0 Å². The standard InChI is InChI=1S/C13H21ClN4O2S/c1-10-9-17(3)5-4-6-18(10)21(19,20)11-7-12(14)13(15-2)16-8-11/h7-8,10H,4-6,9H2,1-3H3,(H,15,16). The van der Waals surface area contributed by atoms with Crippen molar-refractivity contribution >= 4 is 27.4 Å². The Hall–Kier alpha value is -0.890. The van der Waals surface area contributed by atoms with Crippen LogP contribution in [0.5, 0.6) is 0 Å². The minimum absolute atomic E-state index is 0.0785. The van der Waals surface area contributed by atoms with Crippen LogP contribution in [0.4, 0.5) is 5.82 Å². The van der Waals surface area contributed by atoms with Crippen LogP contribution in [0.15, 0.2) is 17.2 Å². The van der Waals surface area contributed by atoms with E-state index in [1.54, 1.807) is 11.4 Å². The van der Waals surface area contributed by atoms with Gasteiger partial charge in [-0.1, -0.05) is 11.6 Å². The normalized spacial score (nSPS) is 22.0. The number of nitrogens with one attached hydrogen (secondary N) is 1. The molecule has 2 rings (SSSR count). The summed E-state index contributed by atoms with van der Waals surface area (Å²) in [6.45, 7) is 4.05. The molecule has 21 heavy (non-hydrogen) atoms. The number of aromatic nitrogens is 1. The van der Waals surface area contributed by atoms with Gasteiger partial charge in [0.1, 0.15) is 10.7 Å². The summed E-state index contributed by atoms with van der Waals surface area (Å²) in [4.78, 5) is 6.35. The molecule has 1 unspecified atom stereocenters. The van der Waals surface area contributed by atoms with Crippen LogP contribution in [0.25, 0.3) is 0 Å². The third-order valence-electron chi connectivity index (χ3n) is 3.65. The zero-order valence-electron chi connectivity index (χ0n) is 12.5. The van der Waals surface area contributed by atoms with Gasteiger partial charge >= 0.3 is 0 Å². The highest BCUT2D eigenvalue weighted by atomic mass is 35.5. The predicted molar refractivity (Wildman–Crippen MR) is 84.3 cm³/mol. The van der Waals surface area contributed by atoms with Crippen LogP contribution in [-0.4, -0.2) is 62.4 Å². The van der Waals surface area contributed by atoms with Gasteiger partial charge in [0.25, 0.3) is 0 Å². The first-order chi connectivity index (χ1) is 9.86. The molecular formula is C13H21ClN4O2S. The fourth-order valence-corrected chi connectivity index (χ4v) is 4.55. The summed E-state index contributed by atoms with van der Waals surface area (Å²) in [5.41, 5.74) is 0. The number of sulfonamides is 1. The van der Waals surface area contributed by atoms with E-state index in [0.717, 1.165) is 19.5 Å². The molecule has 1 saturated heterocycles. The molecule has 1 aliphatic heterocycles. The van der Waals surface area contributed by atoms with E-state index in [1.165, 1.54) is 12.3 Å². The van der Waals surface area contributed by atoms with Gasteiger partial charge in [-0.15, -0.1) is 0 Å². The zero-order valence-corrected chi connectivity index (χ0v) is 14.1. The van der Waals surface area contributed by atoms with Gasteiger partial charge in [0.05, 0.1) is 5.02 Å². The summed E-state index contributed by atoms with van der Waals surface area (Å²) < 4.78 is 27.1. The number of pyridine rings is 1. The number of likely N-dealkylation sites (N-methyl/N-ethyl adjacent to an activating group) is 1. The Morgan fingerprint density at radius 2 is 2.14 bits per heavy atom. The third kappa shape index (κ3) is 3.48. The molecule has 0 spiro atoms. The van der Waals surface area contributed by atoms with Gasteiger partial charge < -0.3 is 10.2 Å². The second kappa shape index (κ2) is 6.48. The number of nitrogens with zero attached hydrogens (tertiary/aromatic N) is 3. The second-order valence-electron chi connectivity index (χ2n) is 5.33. The first-order valence-electron chi connectivity index (χ1n) is 6.90. The maximum Gasteiger partial charge on any atom is 0.244 e. The van der Waals surface area contributed by atoms with Gasteiger partial charge in [0.2, 0.25) is 10.0 Å². The van der Waals surface area contributed by atoms with E-state index in [-0.39, 0.29) is 10.9 Å². The fraction of sp³-hybridized carbons (Fsp3) is 0.615. The minimum atomic E-state index is -3.57. The van der Waals surface area contributed by atoms with Gasteiger partial charge in [-0.2, -0.15) is 4.31 Å². The molecule has 8 heteroatoms. The average Bonchev–Trinajstić information content (AvgIpc) is 2.59. The number of rotatable bonds is 3. The van der Waals surface area contributed by atoms with Crippen molar-refractivity contribution in [3.05, 3.63) is 17.3 Å². The fourth-order valence-electron chi connectivity index (χ4n) is 2.59. The van der Waals surface area contributed by atoms with E-state index in [4.69, 9.17) is 11.6 Å². The molecule has 1 aliphatic rings. The largest absolute Gasteiger partial charge is 0.372 e. The van der Waals surface area contributed by atoms with Crippen LogP contribution >= 0.6 is 11.6 Å². The summed E-state index contributed by atoms with van der Waals surface area (Å²) in [6, 6.07) is 1.38. The monoisotopic (exact) mass is 332 g/mol. The molecule has 1 aromatic rings. The molecule has 2 heterocycles. The molecule has 0 saturated carbocycles. The molecule has 0 aromatic carbocycles. The predicted octanol–water partition coefficient (Wildman–Crippen LogP) is 1.49. The minimum Gasteiger partial charge on any atom is -0.372 e. The Balaban J connectivity index is 2.34. The molecule has 0 aliphatic carbocycles. The van der Waals surface area contributed by atoms with Gasteiger partial charge in [-0.3, -0.25) is 0 Å². The summed E-state index contributed by atoms with van der Waals surface area (Å²) in [7, 11) is 0.123. The Morgan fingerprint density at radius 3 is 2.76 bits per heavy atom. The van der Waals surface area contributed by atoms with Crippen molar-refractivity contribution in [2.45, 2.75) is 24.3 Å². The summed E-state index contributed by atoms with van der Waals surface area (Å²) in [5, 5.41) is 3.12. The van der Waals surface area contributed by atoms with Gasteiger partial charge in [0.15, 0.2) is 0 Å². The van der Waals surface area contributed by atoms with E-state index in [9.17, 15) is 8.42 Å². The van der Waals surface area contributed by atoms with Crippen LogP contribution in [0.3, 0.4) is 0 Å². The van der Waals surface area contributed by atoms with Crippen LogP contribution in [-0.2, 0) is 10.0 Å². The second-order valence-corrected chi connectivity index (χ2v) is 7.63. The van der Waals surface area contributed by atoms with Crippen molar-refractivity contribution in [3.8, 4) is 0 Å². The summed E-state index contributed by atoms with van der Waals surface area (Å²) in [6.07, 6.45) is 2.17. The summed E-state index contributed by atoms with van der Waals surface area (Å²) >= 11 is 6.05. The molecule has 0 radical (unpaired) electrons. The number of hydrogen-bond acceptors (Lipinski definition) is 5. The van der Waals surface area contributed by atoms with Crippen molar-refractivity contribution in [1.82, 2.24) is 14.2 Å². The number of halogens is 1. The van der Waals surface area contributed by atoms with Crippen LogP contribution in [0.1, 0.15) is 13.3 Å². The SMILES string of the molecule is CNc1ncc(S(=O)(=O)N2CCCN(C)CC2C)cc1Cl. The molecule has 1 fully saturated rings. The van der Waals surface area contributed by atoms with Crippen LogP contribution < -0.4 is 5.32 Å². The molecule has 1 N–H and O–H groups in total. The van der Waals surface area contributed by atoms with Crippen molar-refractivity contribution in [1.29, 1.82) is 0 Å². The third-order valence-corrected chi connectivity index (χ3v) is 5.91. The van der Waals surface area contributed by atoms with Gasteiger partial charge in [-0.25, -0.2) is 13.4 Å². The van der Waals surface area contributed by atoms with Crippen molar-refractivity contribution in [2.24, 2.45) is 0 Å². The molecule has 1 atom stereocenters. The average molecular weight is 333 g/mol. The van der Waals surface area contributed by atoms with E-state index in [0.29, 0.717) is 17.4 Å². The maximum absolute atomic E-state index is 12.8. The van der Waals surface area contributed by atoms with E-state index in [1.807, 2.05) is 14.0 Å². The Bertz CT molecular complexity index is 608. The quantitative estimate of drug-likeness (QED) is 0.908. The van der Waals surface area contributed by atoms with Crippen molar-refractivity contribution in [2.75, 3.05) is 39.0 Å². The molecule has 118 valence electrons. The lowest BCUT2D eigenvalue weighted by Crippen LogP contribution is -2.41. The lowest BCUT2D eigenvalue weighted by Gasteiger charge is -2.27. The molecule has 6 nitrogen and oxygen atoms in total.